The Hall–Kier alpha value is -1.06. The van der Waals surface area contributed by atoms with Crippen molar-refractivity contribution >= 4 is 11.9 Å². The van der Waals surface area contributed by atoms with E-state index in [0.29, 0.717) is 6.42 Å². The Morgan fingerprint density at radius 1 is 1.23 bits per heavy atom. The van der Waals surface area contributed by atoms with Crippen LogP contribution in [0.2, 0.25) is 0 Å². The van der Waals surface area contributed by atoms with Gasteiger partial charge in [0.25, 0.3) is 0 Å². The number of esters is 2. The first kappa shape index (κ1) is 10.0. The second kappa shape index (κ2) is 4.84. The lowest BCUT2D eigenvalue weighted by atomic mass is 10.2. The van der Waals surface area contributed by atoms with E-state index >= 15 is 0 Å². The highest BCUT2D eigenvalue weighted by Crippen LogP contribution is 2.14. The summed E-state index contributed by atoms with van der Waals surface area (Å²) in [5.74, 6) is -0.949. The fourth-order valence-corrected chi connectivity index (χ4v) is 1.20. The molecule has 0 atom stereocenters. The molecule has 0 amide bonds. The fourth-order valence-electron chi connectivity index (χ4n) is 1.20. The molecule has 0 bridgehead atoms. The minimum absolute atomic E-state index is 0.246. The average molecular weight is 186 g/mol. The molecule has 0 aliphatic carbocycles. The SMILES string of the molecule is CCCCCC1OC(=O)CC(=O)O1. The van der Waals surface area contributed by atoms with Crippen molar-refractivity contribution in [1.82, 2.24) is 0 Å². The standard InChI is InChI=1S/C9H14O4/c1-2-3-4-5-9-12-7(10)6-8(11)13-9/h9H,2-6H2,1H3. The maximum absolute atomic E-state index is 10.8. The van der Waals surface area contributed by atoms with Crippen molar-refractivity contribution in [2.24, 2.45) is 0 Å². The lowest BCUT2D eigenvalue weighted by molar-refractivity contribution is -0.204. The fraction of sp³-hybridized carbons (Fsp3) is 0.778. The summed E-state index contributed by atoms with van der Waals surface area (Å²) in [6.45, 7) is 2.08. The monoisotopic (exact) mass is 186 g/mol. The highest BCUT2D eigenvalue weighted by Gasteiger charge is 2.26. The quantitative estimate of drug-likeness (QED) is 0.378. The van der Waals surface area contributed by atoms with Crippen LogP contribution in [0.5, 0.6) is 0 Å². The maximum atomic E-state index is 10.8. The summed E-state index contributed by atoms with van der Waals surface area (Å²) in [6, 6.07) is 0. The van der Waals surface area contributed by atoms with Gasteiger partial charge in [0, 0.05) is 6.42 Å². The zero-order valence-electron chi connectivity index (χ0n) is 7.75. The Balaban J connectivity index is 2.25. The Morgan fingerprint density at radius 2 is 1.85 bits per heavy atom. The average Bonchev–Trinajstić information content (AvgIpc) is 2.03. The van der Waals surface area contributed by atoms with Crippen molar-refractivity contribution in [3.8, 4) is 0 Å². The van der Waals surface area contributed by atoms with Gasteiger partial charge < -0.3 is 9.47 Å². The highest BCUT2D eigenvalue weighted by molar-refractivity contribution is 5.92. The van der Waals surface area contributed by atoms with Crippen molar-refractivity contribution in [2.75, 3.05) is 0 Å². The van der Waals surface area contributed by atoms with Crippen molar-refractivity contribution < 1.29 is 19.1 Å². The maximum Gasteiger partial charge on any atom is 0.320 e. The molecular weight excluding hydrogens is 172 g/mol. The molecule has 4 nitrogen and oxygen atoms in total. The first-order valence-electron chi connectivity index (χ1n) is 4.61. The van der Waals surface area contributed by atoms with E-state index in [1.54, 1.807) is 0 Å². The number of carbonyl (C=O) groups is 2. The van der Waals surface area contributed by atoms with Crippen LogP contribution < -0.4 is 0 Å². The number of unbranched alkanes of at least 4 members (excludes halogenated alkanes) is 2. The van der Waals surface area contributed by atoms with E-state index in [0.717, 1.165) is 19.3 Å². The van der Waals surface area contributed by atoms with E-state index in [2.05, 4.69) is 6.92 Å². The first-order chi connectivity index (χ1) is 6.22. The van der Waals surface area contributed by atoms with E-state index < -0.39 is 18.2 Å². The third-order valence-electron chi connectivity index (χ3n) is 1.86. The van der Waals surface area contributed by atoms with Gasteiger partial charge in [-0.1, -0.05) is 19.8 Å². The van der Waals surface area contributed by atoms with Crippen molar-refractivity contribution in [1.29, 1.82) is 0 Å². The summed E-state index contributed by atoms with van der Waals surface area (Å²) in [4.78, 5) is 21.6. The van der Waals surface area contributed by atoms with E-state index in [1.165, 1.54) is 0 Å². The van der Waals surface area contributed by atoms with E-state index in [9.17, 15) is 9.59 Å². The molecule has 1 aliphatic rings. The Bertz CT molecular complexity index is 184. The minimum atomic E-state index is -0.639. The van der Waals surface area contributed by atoms with Crippen LogP contribution >= 0.6 is 0 Å². The minimum Gasteiger partial charge on any atom is -0.425 e. The lowest BCUT2D eigenvalue weighted by Crippen LogP contribution is -2.32. The molecule has 0 spiro atoms. The second-order valence-corrected chi connectivity index (χ2v) is 3.08. The zero-order valence-corrected chi connectivity index (χ0v) is 7.75. The van der Waals surface area contributed by atoms with Crippen LogP contribution in [0.3, 0.4) is 0 Å². The summed E-state index contributed by atoms with van der Waals surface area (Å²) in [5.41, 5.74) is 0. The van der Waals surface area contributed by atoms with Gasteiger partial charge in [-0.2, -0.15) is 0 Å². The van der Waals surface area contributed by atoms with Gasteiger partial charge in [-0.05, 0) is 6.42 Å². The summed E-state index contributed by atoms with van der Waals surface area (Å²) in [7, 11) is 0. The molecule has 0 aromatic rings. The molecule has 74 valence electrons. The topological polar surface area (TPSA) is 52.6 Å². The molecular formula is C9H14O4. The van der Waals surface area contributed by atoms with Gasteiger partial charge in [0.15, 0.2) is 0 Å². The molecule has 1 rings (SSSR count). The van der Waals surface area contributed by atoms with E-state index in [-0.39, 0.29) is 6.42 Å². The molecule has 13 heavy (non-hydrogen) atoms. The molecule has 0 aromatic carbocycles. The second-order valence-electron chi connectivity index (χ2n) is 3.08. The van der Waals surface area contributed by atoms with Crippen LogP contribution in [0.1, 0.15) is 39.0 Å². The summed E-state index contributed by atoms with van der Waals surface area (Å²) in [5, 5.41) is 0. The van der Waals surface area contributed by atoms with Gasteiger partial charge in [0.2, 0.25) is 6.29 Å². The summed E-state index contributed by atoms with van der Waals surface area (Å²) < 4.78 is 9.64. The van der Waals surface area contributed by atoms with Crippen molar-refractivity contribution in [3.63, 3.8) is 0 Å². The molecule has 0 saturated carbocycles. The number of ether oxygens (including phenoxy) is 2. The van der Waals surface area contributed by atoms with Gasteiger partial charge in [-0.3, -0.25) is 9.59 Å². The molecule has 1 saturated heterocycles. The van der Waals surface area contributed by atoms with E-state index in [4.69, 9.17) is 9.47 Å². The van der Waals surface area contributed by atoms with Crippen molar-refractivity contribution in [2.45, 2.75) is 45.3 Å². The van der Waals surface area contributed by atoms with Gasteiger partial charge >= 0.3 is 11.9 Å². The van der Waals surface area contributed by atoms with Crippen LogP contribution in [0.15, 0.2) is 0 Å². The number of hydrogen-bond acceptors (Lipinski definition) is 4. The predicted molar refractivity (Wildman–Crippen MR) is 44.7 cm³/mol. The summed E-state index contributed by atoms with van der Waals surface area (Å²) >= 11 is 0. The smallest absolute Gasteiger partial charge is 0.320 e. The number of carbonyl (C=O) groups excluding carboxylic acids is 2. The van der Waals surface area contributed by atoms with Crippen LogP contribution in [-0.4, -0.2) is 18.2 Å². The van der Waals surface area contributed by atoms with Gasteiger partial charge in [-0.15, -0.1) is 0 Å². The van der Waals surface area contributed by atoms with Gasteiger partial charge in [0.05, 0.1) is 0 Å². The molecule has 4 heteroatoms. The molecule has 1 fully saturated rings. The third kappa shape index (κ3) is 3.44. The van der Waals surface area contributed by atoms with Crippen LogP contribution in [0.4, 0.5) is 0 Å². The first-order valence-corrected chi connectivity index (χ1v) is 4.61. The molecule has 1 aliphatic heterocycles. The van der Waals surface area contributed by atoms with Crippen LogP contribution in [0, 0.1) is 0 Å². The number of cyclic esters (lactones) is 2. The van der Waals surface area contributed by atoms with Gasteiger partial charge in [0.1, 0.15) is 6.42 Å². The Kier molecular flexibility index (Phi) is 3.73. The highest BCUT2D eigenvalue weighted by atomic mass is 16.7. The number of hydrogen-bond donors (Lipinski definition) is 0. The van der Waals surface area contributed by atoms with Crippen LogP contribution in [-0.2, 0) is 19.1 Å². The molecule has 0 unspecified atom stereocenters. The lowest BCUT2D eigenvalue weighted by Gasteiger charge is -2.21. The molecule has 0 aromatic heterocycles. The molecule has 0 N–H and O–H groups in total. The predicted octanol–water partition coefficient (Wildman–Crippen LogP) is 1.38. The Labute approximate surface area is 77.2 Å². The number of rotatable bonds is 4. The normalized spacial score (nSPS) is 18.2. The molecule has 0 radical (unpaired) electrons. The Morgan fingerprint density at radius 3 is 2.38 bits per heavy atom. The zero-order chi connectivity index (χ0) is 9.68. The van der Waals surface area contributed by atoms with Gasteiger partial charge in [-0.25, -0.2) is 0 Å². The molecule has 1 heterocycles. The van der Waals surface area contributed by atoms with E-state index in [1.807, 2.05) is 0 Å². The summed E-state index contributed by atoms with van der Waals surface area (Å²) in [6.07, 6.45) is 2.80. The van der Waals surface area contributed by atoms with Crippen molar-refractivity contribution in [3.05, 3.63) is 0 Å². The third-order valence-corrected chi connectivity index (χ3v) is 1.86. The largest absolute Gasteiger partial charge is 0.425 e. The van der Waals surface area contributed by atoms with Crippen LogP contribution in [0.25, 0.3) is 0 Å².